The second-order valence-electron chi connectivity index (χ2n) is 4.98. The second kappa shape index (κ2) is 8.32. The number of para-hydroxylation sites is 2. The average Bonchev–Trinajstić information content (AvgIpc) is 3.16. The van der Waals surface area contributed by atoms with E-state index in [2.05, 4.69) is 15.5 Å². The third-order valence-electron chi connectivity index (χ3n) is 3.31. The molecule has 24 heavy (non-hydrogen) atoms. The summed E-state index contributed by atoms with van der Waals surface area (Å²) in [6.07, 6.45) is 0.847. The highest BCUT2D eigenvalue weighted by Crippen LogP contribution is 2.26. The summed E-state index contributed by atoms with van der Waals surface area (Å²) < 4.78 is 12.8. The molecule has 0 aliphatic heterocycles. The van der Waals surface area contributed by atoms with Crippen molar-refractivity contribution in [1.29, 1.82) is 0 Å². The number of ether oxygens (including phenoxy) is 1. The molecule has 0 atom stereocenters. The molecule has 128 valence electrons. The van der Waals surface area contributed by atoms with Crippen LogP contribution in [0.2, 0.25) is 0 Å². The molecule has 2 heterocycles. The Morgan fingerprint density at radius 1 is 1.38 bits per heavy atom. The number of fused-ring (bicyclic) bond motifs is 1. The number of hydrogen-bond donors (Lipinski definition) is 1. The summed E-state index contributed by atoms with van der Waals surface area (Å²) >= 11 is 3.17. The summed E-state index contributed by atoms with van der Waals surface area (Å²) in [5, 5.41) is 12.2. The average molecular weight is 366 g/mol. The summed E-state index contributed by atoms with van der Waals surface area (Å²) in [6, 6.07) is 7.47. The number of nitrogens with zero attached hydrogens (tertiary/aromatic N) is 3. The molecule has 9 heteroatoms. The van der Waals surface area contributed by atoms with Crippen molar-refractivity contribution in [3.8, 4) is 0 Å². The number of oxazole rings is 1. The molecule has 1 aromatic carbocycles. The van der Waals surface area contributed by atoms with E-state index in [1.807, 2.05) is 18.2 Å². The minimum Gasteiger partial charge on any atom is -0.408 e. The van der Waals surface area contributed by atoms with Crippen molar-refractivity contribution in [2.24, 2.45) is 0 Å². The number of rotatable bonds is 9. The first kappa shape index (κ1) is 17.0. The van der Waals surface area contributed by atoms with Crippen LogP contribution in [0.1, 0.15) is 6.42 Å². The number of benzene rings is 1. The number of aryl methyl sites for hydroxylation is 1. The third kappa shape index (κ3) is 4.16. The molecule has 0 aliphatic rings. The van der Waals surface area contributed by atoms with Crippen molar-refractivity contribution in [2.45, 2.75) is 17.3 Å². The third-order valence-corrected chi connectivity index (χ3v) is 5.41. The molecule has 0 saturated heterocycles. The van der Waals surface area contributed by atoms with Gasteiger partial charge in [0, 0.05) is 26.0 Å². The maximum absolute atomic E-state index is 11.9. The van der Waals surface area contributed by atoms with Crippen molar-refractivity contribution in [2.75, 3.05) is 31.3 Å². The van der Waals surface area contributed by atoms with Crippen LogP contribution in [0.15, 0.2) is 37.8 Å². The lowest BCUT2D eigenvalue weighted by atomic mass is 10.3. The van der Waals surface area contributed by atoms with Gasteiger partial charge < -0.3 is 14.5 Å². The van der Waals surface area contributed by atoms with Gasteiger partial charge in [-0.15, -0.1) is 10.2 Å². The van der Waals surface area contributed by atoms with Crippen LogP contribution >= 0.6 is 23.1 Å². The standard InChI is InChI=1S/C15H18N4O3S2/c1-21-9-7-16-13-17-18-14(24-13)23-10-4-8-19-11-5-2-3-6-12(11)22-15(19)20/h2-3,5-6H,4,7-10H2,1H3,(H,16,17). The topological polar surface area (TPSA) is 82.2 Å². The normalized spacial score (nSPS) is 11.2. The number of methoxy groups -OCH3 is 1. The molecule has 1 N–H and O–H groups in total. The Labute approximate surface area is 147 Å². The molecule has 0 bridgehead atoms. The lowest BCUT2D eigenvalue weighted by Gasteiger charge is -2.01. The Hall–Kier alpha value is -1.84. The van der Waals surface area contributed by atoms with Crippen molar-refractivity contribution in [3.63, 3.8) is 0 Å². The van der Waals surface area contributed by atoms with Gasteiger partial charge in [-0.2, -0.15) is 0 Å². The van der Waals surface area contributed by atoms with Crippen molar-refractivity contribution < 1.29 is 9.15 Å². The van der Waals surface area contributed by atoms with Crippen molar-refractivity contribution in [3.05, 3.63) is 34.8 Å². The van der Waals surface area contributed by atoms with Crippen LogP contribution in [-0.4, -0.2) is 40.8 Å². The van der Waals surface area contributed by atoms with Crippen molar-refractivity contribution >= 4 is 39.3 Å². The van der Waals surface area contributed by atoms with Crippen LogP contribution in [0.4, 0.5) is 5.13 Å². The summed E-state index contributed by atoms with van der Waals surface area (Å²) in [4.78, 5) is 11.9. The van der Waals surface area contributed by atoms with Crippen LogP contribution in [0.3, 0.4) is 0 Å². The number of thioether (sulfide) groups is 1. The molecule has 0 amide bonds. The maximum atomic E-state index is 11.9. The van der Waals surface area contributed by atoms with E-state index in [9.17, 15) is 4.79 Å². The molecule has 3 aromatic rings. The van der Waals surface area contributed by atoms with Gasteiger partial charge in [-0.25, -0.2) is 4.79 Å². The zero-order valence-electron chi connectivity index (χ0n) is 13.2. The molecule has 2 aromatic heterocycles. The Morgan fingerprint density at radius 2 is 2.25 bits per heavy atom. The fraction of sp³-hybridized carbons (Fsp3) is 0.400. The van der Waals surface area contributed by atoms with E-state index in [1.54, 1.807) is 29.5 Å². The van der Waals surface area contributed by atoms with E-state index in [1.165, 1.54) is 11.3 Å². The molecule has 7 nitrogen and oxygen atoms in total. The van der Waals surface area contributed by atoms with Gasteiger partial charge in [-0.05, 0) is 18.6 Å². The number of hydrogen-bond acceptors (Lipinski definition) is 8. The van der Waals surface area contributed by atoms with Crippen LogP contribution in [-0.2, 0) is 11.3 Å². The monoisotopic (exact) mass is 366 g/mol. The van der Waals surface area contributed by atoms with E-state index in [4.69, 9.17) is 9.15 Å². The summed E-state index contributed by atoms with van der Waals surface area (Å²) in [5.41, 5.74) is 1.47. The first-order valence-corrected chi connectivity index (χ1v) is 9.35. The van der Waals surface area contributed by atoms with Gasteiger partial charge in [0.15, 0.2) is 9.92 Å². The van der Waals surface area contributed by atoms with Crippen LogP contribution in [0.25, 0.3) is 11.1 Å². The Bertz CT molecular complexity index is 842. The van der Waals surface area contributed by atoms with E-state index in [0.717, 1.165) is 27.2 Å². The molecule has 0 saturated carbocycles. The molecule has 3 rings (SSSR count). The largest absolute Gasteiger partial charge is 0.419 e. The summed E-state index contributed by atoms with van der Waals surface area (Å²) in [6.45, 7) is 1.97. The minimum atomic E-state index is -0.304. The zero-order chi connectivity index (χ0) is 16.8. The molecule has 0 aliphatic carbocycles. The van der Waals surface area contributed by atoms with Gasteiger partial charge in [-0.1, -0.05) is 35.2 Å². The molecule has 0 spiro atoms. The van der Waals surface area contributed by atoms with E-state index in [0.29, 0.717) is 25.3 Å². The number of nitrogens with one attached hydrogen (secondary N) is 1. The Kier molecular flexibility index (Phi) is 5.89. The van der Waals surface area contributed by atoms with Gasteiger partial charge in [0.1, 0.15) is 0 Å². The van der Waals surface area contributed by atoms with Crippen LogP contribution < -0.4 is 11.1 Å². The highest BCUT2D eigenvalue weighted by Gasteiger charge is 2.08. The van der Waals surface area contributed by atoms with Gasteiger partial charge in [0.25, 0.3) is 0 Å². The van der Waals surface area contributed by atoms with Gasteiger partial charge in [0.05, 0.1) is 12.1 Å². The molecule has 0 fully saturated rings. The van der Waals surface area contributed by atoms with Crippen LogP contribution in [0.5, 0.6) is 0 Å². The molecule has 0 radical (unpaired) electrons. The van der Waals surface area contributed by atoms with E-state index >= 15 is 0 Å². The highest BCUT2D eigenvalue weighted by atomic mass is 32.2. The summed E-state index contributed by atoms with van der Waals surface area (Å²) in [5.74, 6) is 0.556. The number of anilines is 1. The van der Waals surface area contributed by atoms with Crippen LogP contribution in [0, 0.1) is 0 Å². The maximum Gasteiger partial charge on any atom is 0.419 e. The predicted octanol–water partition coefficient (Wildman–Crippen LogP) is 2.69. The van der Waals surface area contributed by atoms with Gasteiger partial charge in [0.2, 0.25) is 5.13 Å². The Morgan fingerprint density at radius 3 is 3.12 bits per heavy atom. The molecular weight excluding hydrogens is 348 g/mol. The lowest BCUT2D eigenvalue weighted by molar-refractivity contribution is 0.211. The SMILES string of the molecule is COCCNc1nnc(SCCCn2c(=O)oc3ccccc32)s1. The zero-order valence-corrected chi connectivity index (χ0v) is 14.9. The quantitative estimate of drug-likeness (QED) is 0.460. The molecule has 0 unspecified atom stereocenters. The lowest BCUT2D eigenvalue weighted by Crippen LogP contribution is -2.14. The fourth-order valence-electron chi connectivity index (χ4n) is 2.21. The smallest absolute Gasteiger partial charge is 0.408 e. The Balaban J connectivity index is 1.48. The highest BCUT2D eigenvalue weighted by molar-refractivity contribution is 8.01. The fourth-order valence-corrected chi connectivity index (χ4v) is 3.98. The summed E-state index contributed by atoms with van der Waals surface area (Å²) in [7, 11) is 1.66. The van der Waals surface area contributed by atoms with Crippen molar-refractivity contribution in [1.82, 2.24) is 14.8 Å². The van der Waals surface area contributed by atoms with Gasteiger partial charge in [-0.3, -0.25) is 4.57 Å². The predicted molar refractivity (Wildman–Crippen MR) is 96.1 cm³/mol. The minimum absolute atomic E-state index is 0.304. The van der Waals surface area contributed by atoms with Gasteiger partial charge >= 0.3 is 5.76 Å². The van der Waals surface area contributed by atoms with E-state index < -0.39 is 0 Å². The first-order valence-electron chi connectivity index (χ1n) is 7.55. The van der Waals surface area contributed by atoms with E-state index in [-0.39, 0.29) is 5.76 Å². The number of aromatic nitrogens is 3. The molecular formula is C15H18N4O3S2. The first-order chi connectivity index (χ1) is 11.8. The second-order valence-corrected chi connectivity index (χ2v) is 7.30.